The summed E-state index contributed by atoms with van der Waals surface area (Å²) in [6, 6.07) is 3.25. The van der Waals surface area contributed by atoms with E-state index in [9.17, 15) is 13.2 Å². The Morgan fingerprint density at radius 1 is 1.36 bits per heavy atom. The molecule has 0 atom stereocenters. The molecule has 6 heteroatoms. The van der Waals surface area contributed by atoms with Crippen molar-refractivity contribution in [3.63, 3.8) is 0 Å². The number of rotatable bonds is 6. The summed E-state index contributed by atoms with van der Waals surface area (Å²) in [7, 11) is -3.24. The Morgan fingerprint density at radius 2 is 2.05 bits per heavy atom. The van der Waals surface area contributed by atoms with E-state index in [2.05, 4.69) is 0 Å². The van der Waals surface area contributed by atoms with E-state index in [0.717, 1.165) is 17.8 Å². The smallest absolute Gasteiger partial charge is 0.339 e. The summed E-state index contributed by atoms with van der Waals surface area (Å²) in [6.45, 7) is 2.08. The molecule has 1 aliphatic carbocycles. The van der Waals surface area contributed by atoms with Crippen molar-refractivity contribution >= 4 is 32.7 Å². The van der Waals surface area contributed by atoms with Crippen LogP contribution in [0.15, 0.2) is 22.4 Å². The number of ether oxygens (including phenoxy) is 1. The second kappa shape index (κ2) is 7.42. The van der Waals surface area contributed by atoms with Gasteiger partial charge in [0.15, 0.2) is 9.84 Å². The van der Waals surface area contributed by atoms with Crippen molar-refractivity contribution in [2.24, 2.45) is 5.92 Å². The van der Waals surface area contributed by atoms with Gasteiger partial charge in [-0.25, -0.2) is 13.2 Å². The largest absolute Gasteiger partial charge is 0.462 e. The van der Waals surface area contributed by atoms with E-state index in [1.54, 1.807) is 19.1 Å². The van der Waals surface area contributed by atoms with Crippen LogP contribution >= 0.6 is 11.3 Å². The van der Waals surface area contributed by atoms with Gasteiger partial charge in [0.25, 0.3) is 0 Å². The number of sulfone groups is 1. The minimum atomic E-state index is -3.24. The van der Waals surface area contributed by atoms with Crippen LogP contribution in [0, 0.1) is 5.92 Å². The maximum absolute atomic E-state index is 12.2. The summed E-state index contributed by atoms with van der Waals surface area (Å²) in [5.74, 6) is 0.251. The van der Waals surface area contributed by atoms with Crippen LogP contribution in [-0.4, -0.2) is 27.2 Å². The van der Waals surface area contributed by atoms with Crippen molar-refractivity contribution in [1.29, 1.82) is 0 Å². The van der Waals surface area contributed by atoms with Gasteiger partial charge >= 0.3 is 5.97 Å². The van der Waals surface area contributed by atoms with Crippen molar-refractivity contribution < 1.29 is 17.9 Å². The summed E-state index contributed by atoms with van der Waals surface area (Å²) < 4.78 is 28.6. The quantitative estimate of drug-likeness (QED) is 0.584. The minimum Gasteiger partial charge on any atom is -0.462 e. The van der Waals surface area contributed by atoms with Crippen LogP contribution in [0.3, 0.4) is 0 Å². The molecular formula is C16H22O4S2. The van der Waals surface area contributed by atoms with Crippen LogP contribution in [0.1, 0.15) is 43.9 Å². The fourth-order valence-electron chi connectivity index (χ4n) is 2.69. The van der Waals surface area contributed by atoms with E-state index in [-0.39, 0.29) is 10.2 Å². The van der Waals surface area contributed by atoms with Crippen LogP contribution in [0.4, 0.5) is 0 Å². The lowest BCUT2D eigenvalue weighted by Crippen LogP contribution is -2.06. The predicted molar refractivity (Wildman–Crippen MR) is 88.6 cm³/mol. The molecular weight excluding hydrogens is 320 g/mol. The molecule has 22 heavy (non-hydrogen) atoms. The van der Waals surface area contributed by atoms with E-state index in [0.29, 0.717) is 23.0 Å². The standard InChI is InChI=1S/C16H22O4S2/c1-3-20-16(17)13(9-8-12-6-4-5-7-12)14-10-11-15(21-14)22(2,18)19/h9-12H,3-8H2,1-2H3. The Morgan fingerprint density at radius 3 is 2.59 bits per heavy atom. The van der Waals surface area contributed by atoms with Gasteiger partial charge in [0.2, 0.25) is 0 Å². The Hall–Kier alpha value is -1.14. The monoisotopic (exact) mass is 342 g/mol. The number of carbonyl (C=O) groups is 1. The summed E-state index contributed by atoms with van der Waals surface area (Å²) in [6.07, 6.45) is 8.85. The fraction of sp³-hybridized carbons (Fsp3) is 0.562. The highest BCUT2D eigenvalue weighted by Gasteiger charge is 2.20. The zero-order valence-electron chi connectivity index (χ0n) is 13.0. The van der Waals surface area contributed by atoms with Gasteiger partial charge in [-0.05, 0) is 31.4 Å². The van der Waals surface area contributed by atoms with Gasteiger partial charge < -0.3 is 4.74 Å². The molecule has 2 rings (SSSR count). The number of hydrogen-bond acceptors (Lipinski definition) is 5. The number of hydrogen-bond donors (Lipinski definition) is 0. The number of allylic oxidation sites excluding steroid dienone is 1. The van der Waals surface area contributed by atoms with Crippen LogP contribution in [-0.2, 0) is 19.4 Å². The first-order valence-corrected chi connectivity index (χ1v) is 10.3. The average molecular weight is 342 g/mol. The third kappa shape index (κ3) is 4.43. The first-order valence-electron chi connectivity index (χ1n) is 7.59. The Bertz CT molecular complexity index is 649. The topological polar surface area (TPSA) is 60.4 Å². The van der Waals surface area contributed by atoms with Crippen molar-refractivity contribution in [1.82, 2.24) is 0 Å². The molecule has 1 aliphatic rings. The Balaban J connectivity index is 2.25. The maximum Gasteiger partial charge on any atom is 0.339 e. The number of esters is 1. The summed E-state index contributed by atoms with van der Waals surface area (Å²) in [4.78, 5) is 12.8. The van der Waals surface area contributed by atoms with Gasteiger partial charge in [-0.1, -0.05) is 31.8 Å². The second-order valence-electron chi connectivity index (χ2n) is 5.62. The highest BCUT2D eigenvalue weighted by atomic mass is 32.2. The molecule has 0 bridgehead atoms. The predicted octanol–water partition coefficient (Wildman–Crippen LogP) is 3.68. The highest BCUT2D eigenvalue weighted by molar-refractivity contribution is 7.92. The highest BCUT2D eigenvalue weighted by Crippen LogP contribution is 2.32. The second-order valence-corrected chi connectivity index (χ2v) is 8.94. The van der Waals surface area contributed by atoms with Crippen LogP contribution in [0.5, 0.6) is 0 Å². The average Bonchev–Trinajstić information content (AvgIpc) is 3.09. The lowest BCUT2D eigenvalue weighted by molar-refractivity contribution is -0.136. The molecule has 1 aromatic heterocycles. The fourth-order valence-corrected chi connectivity index (χ4v) is 4.64. The number of carbonyl (C=O) groups excluding carboxylic acids is 1. The molecule has 122 valence electrons. The summed E-state index contributed by atoms with van der Waals surface area (Å²) in [5, 5.41) is 0. The van der Waals surface area contributed by atoms with Gasteiger partial charge in [0.05, 0.1) is 12.2 Å². The van der Waals surface area contributed by atoms with Gasteiger partial charge in [0.1, 0.15) is 4.21 Å². The molecule has 0 saturated heterocycles. The molecule has 1 heterocycles. The van der Waals surface area contributed by atoms with Gasteiger partial charge in [-0.15, -0.1) is 11.3 Å². The lowest BCUT2D eigenvalue weighted by Gasteiger charge is -2.08. The maximum atomic E-state index is 12.2. The molecule has 0 spiro atoms. The molecule has 0 N–H and O–H groups in total. The third-order valence-corrected chi connectivity index (χ3v) is 6.78. The van der Waals surface area contributed by atoms with E-state index in [4.69, 9.17) is 4.74 Å². The van der Waals surface area contributed by atoms with E-state index < -0.39 is 9.84 Å². The lowest BCUT2D eigenvalue weighted by atomic mass is 10.0. The molecule has 1 aromatic rings. The van der Waals surface area contributed by atoms with Crippen molar-refractivity contribution in [2.45, 2.75) is 43.2 Å². The molecule has 1 fully saturated rings. The molecule has 1 saturated carbocycles. The van der Waals surface area contributed by atoms with E-state index in [1.165, 1.54) is 31.9 Å². The van der Waals surface area contributed by atoms with Crippen molar-refractivity contribution in [3.05, 3.63) is 23.1 Å². The number of thiophene rings is 1. The van der Waals surface area contributed by atoms with Gasteiger partial charge in [-0.2, -0.15) is 0 Å². The zero-order valence-corrected chi connectivity index (χ0v) is 14.6. The van der Waals surface area contributed by atoms with Crippen LogP contribution in [0.2, 0.25) is 0 Å². The van der Waals surface area contributed by atoms with Crippen molar-refractivity contribution in [3.8, 4) is 0 Å². The van der Waals surface area contributed by atoms with Gasteiger partial charge in [-0.3, -0.25) is 0 Å². The van der Waals surface area contributed by atoms with Crippen LogP contribution in [0.25, 0.3) is 5.57 Å². The molecule has 0 aliphatic heterocycles. The van der Waals surface area contributed by atoms with E-state index >= 15 is 0 Å². The summed E-state index contributed by atoms with van der Waals surface area (Å²) in [5.41, 5.74) is 0.494. The Labute approximate surface area is 136 Å². The minimum absolute atomic E-state index is 0.276. The molecule has 0 aromatic carbocycles. The molecule has 4 nitrogen and oxygen atoms in total. The molecule has 0 radical (unpaired) electrons. The Kier molecular flexibility index (Phi) is 5.81. The first kappa shape index (κ1) is 17.2. The first-order chi connectivity index (χ1) is 10.4. The molecule has 0 unspecified atom stereocenters. The van der Waals surface area contributed by atoms with Gasteiger partial charge in [0, 0.05) is 11.1 Å². The molecule has 0 amide bonds. The third-order valence-electron chi connectivity index (χ3n) is 3.84. The van der Waals surface area contributed by atoms with E-state index in [1.807, 2.05) is 6.08 Å². The zero-order chi connectivity index (χ0) is 16.2. The van der Waals surface area contributed by atoms with Crippen LogP contribution < -0.4 is 0 Å². The summed E-state index contributed by atoms with van der Waals surface area (Å²) >= 11 is 1.13. The van der Waals surface area contributed by atoms with Crippen molar-refractivity contribution in [2.75, 3.05) is 12.9 Å². The SMILES string of the molecule is CCOC(=O)C(=CCC1CCCC1)c1ccc(S(C)(=O)=O)s1. The normalized spacial score (nSPS) is 16.9.